The van der Waals surface area contributed by atoms with Crippen LogP contribution >= 0.6 is 11.6 Å². The largest absolute Gasteiger partial charge is 0.495 e. The summed E-state index contributed by atoms with van der Waals surface area (Å²) >= 11 is 6.26. The Bertz CT molecular complexity index is 1170. The first-order valence-corrected chi connectivity index (χ1v) is 13.2. The van der Waals surface area contributed by atoms with E-state index in [0.717, 1.165) is 44.1 Å². The predicted octanol–water partition coefficient (Wildman–Crippen LogP) is 4.84. The van der Waals surface area contributed by atoms with Gasteiger partial charge in [-0.2, -0.15) is 0 Å². The lowest BCUT2D eigenvalue weighted by Gasteiger charge is -2.49. The highest BCUT2D eigenvalue weighted by Crippen LogP contribution is 2.40. The van der Waals surface area contributed by atoms with Gasteiger partial charge in [0.05, 0.1) is 18.7 Å². The third-order valence-electron chi connectivity index (χ3n) is 7.76. The number of hydrogen-bond donors (Lipinski definition) is 0. The van der Waals surface area contributed by atoms with Gasteiger partial charge in [0.25, 0.3) is 0 Å². The average molecular weight is 511 g/mol. The Hall–Kier alpha value is -2.84. The molecule has 9 heteroatoms. The number of hydrogen-bond acceptors (Lipinski definition) is 7. The van der Waals surface area contributed by atoms with Gasteiger partial charge in [-0.1, -0.05) is 17.7 Å². The molecule has 0 radical (unpaired) electrons. The van der Waals surface area contributed by atoms with Crippen LogP contribution in [-0.2, 0) is 6.54 Å². The van der Waals surface area contributed by atoms with Crippen molar-refractivity contribution in [2.75, 3.05) is 38.3 Å². The maximum atomic E-state index is 6.26. The van der Waals surface area contributed by atoms with Crippen LogP contribution in [0.5, 0.6) is 11.5 Å². The molecule has 0 N–H and O–H groups in total. The molecule has 2 fully saturated rings. The molecule has 0 amide bonds. The average Bonchev–Trinajstić information content (AvgIpc) is 3.42. The number of aryl methyl sites for hydroxylation is 1. The number of tetrazole rings is 1. The molecule has 0 aliphatic carbocycles. The molecule has 8 nitrogen and oxygen atoms in total. The highest BCUT2D eigenvalue weighted by Gasteiger charge is 2.36. The highest BCUT2D eigenvalue weighted by molar-refractivity contribution is 6.32. The highest BCUT2D eigenvalue weighted by atomic mass is 35.5. The Labute approximate surface area is 218 Å². The zero-order valence-corrected chi connectivity index (χ0v) is 22.1. The lowest BCUT2D eigenvalue weighted by molar-refractivity contribution is 0.0712. The maximum absolute atomic E-state index is 6.26. The smallest absolute Gasteiger partial charge is 0.139 e. The van der Waals surface area contributed by atoms with Gasteiger partial charge in [0.2, 0.25) is 0 Å². The van der Waals surface area contributed by atoms with Crippen LogP contribution in [0.4, 0.5) is 5.69 Å². The van der Waals surface area contributed by atoms with Gasteiger partial charge in [-0.15, -0.1) is 5.10 Å². The minimum Gasteiger partial charge on any atom is -0.495 e. The van der Waals surface area contributed by atoms with Crippen LogP contribution in [0.2, 0.25) is 5.02 Å². The quantitative estimate of drug-likeness (QED) is 0.402. The summed E-state index contributed by atoms with van der Waals surface area (Å²) in [5.41, 5.74) is 5.22. The van der Waals surface area contributed by atoms with E-state index < -0.39 is 0 Å². The number of aromatic nitrogens is 4. The van der Waals surface area contributed by atoms with E-state index in [2.05, 4.69) is 63.4 Å². The number of methoxy groups -OCH3 is 1. The summed E-state index contributed by atoms with van der Waals surface area (Å²) in [7, 11) is 1.67. The summed E-state index contributed by atoms with van der Waals surface area (Å²) in [6.45, 7) is 8.90. The molecule has 2 atom stereocenters. The number of ether oxygens (including phenoxy) is 2. The lowest BCUT2D eigenvalue weighted by Crippen LogP contribution is -2.56. The van der Waals surface area contributed by atoms with Crippen molar-refractivity contribution in [2.45, 2.75) is 58.2 Å². The number of halogens is 1. The molecule has 1 aromatic heterocycles. The number of anilines is 1. The molecule has 5 rings (SSSR count). The van der Waals surface area contributed by atoms with E-state index in [9.17, 15) is 0 Å². The van der Waals surface area contributed by atoms with E-state index in [1.54, 1.807) is 18.1 Å². The summed E-state index contributed by atoms with van der Waals surface area (Å²) in [6.07, 6.45) is 6.18. The van der Waals surface area contributed by atoms with Crippen LogP contribution in [-0.4, -0.2) is 64.5 Å². The molecule has 192 valence electrons. The van der Waals surface area contributed by atoms with Crippen LogP contribution in [0.3, 0.4) is 0 Å². The first kappa shape index (κ1) is 24.8. The van der Waals surface area contributed by atoms with Gasteiger partial charge in [-0.3, -0.25) is 4.90 Å². The van der Waals surface area contributed by atoms with Crippen LogP contribution in [0.15, 0.2) is 36.7 Å². The molecule has 3 aromatic rings. The van der Waals surface area contributed by atoms with Crippen molar-refractivity contribution in [2.24, 2.45) is 0 Å². The van der Waals surface area contributed by atoms with Crippen LogP contribution < -0.4 is 14.4 Å². The summed E-state index contributed by atoms with van der Waals surface area (Å²) in [4.78, 5) is 5.22. The fourth-order valence-electron chi connectivity index (χ4n) is 5.69. The molecule has 2 saturated heterocycles. The van der Waals surface area contributed by atoms with Gasteiger partial charge in [-0.05, 0) is 78.4 Å². The van der Waals surface area contributed by atoms with Gasteiger partial charge < -0.3 is 14.4 Å². The Morgan fingerprint density at radius 1 is 1.06 bits per heavy atom. The van der Waals surface area contributed by atoms with Crippen molar-refractivity contribution in [3.05, 3.63) is 58.4 Å². The Kier molecular flexibility index (Phi) is 7.62. The topological polar surface area (TPSA) is 68.5 Å². The van der Waals surface area contributed by atoms with E-state index in [-0.39, 0.29) is 0 Å². The molecule has 3 heterocycles. The van der Waals surface area contributed by atoms with Crippen molar-refractivity contribution in [3.63, 3.8) is 0 Å². The van der Waals surface area contributed by atoms with Gasteiger partial charge in [0, 0.05) is 56.4 Å². The molecule has 2 aromatic carbocycles. The summed E-state index contributed by atoms with van der Waals surface area (Å²) in [6, 6.07) is 11.6. The van der Waals surface area contributed by atoms with Gasteiger partial charge in [0.1, 0.15) is 17.8 Å². The minimum absolute atomic E-state index is 0.457. The molecule has 1 unspecified atom stereocenters. The Morgan fingerprint density at radius 2 is 1.94 bits per heavy atom. The molecule has 2 aliphatic rings. The van der Waals surface area contributed by atoms with E-state index >= 15 is 0 Å². The second-order valence-electron chi connectivity index (χ2n) is 9.78. The molecule has 0 bridgehead atoms. The first-order valence-electron chi connectivity index (χ1n) is 12.8. The van der Waals surface area contributed by atoms with Crippen LogP contribution in [0.1, 0.15) is 48.4 Å². The van der Waals surface area contributed by atoms with Crippen molar-refractivity contribution in [1.29, 1.82) is 0 Å². The van der Waals surface area contributed by atoms with Crippen molar-refractivity contribution < 1.29 is 9.47 Å². The van der Waals surface area contributed by atoms with Crippen molar-refractivity contribution in [1.82, 2.24) is 25.1 Å². The number of fused-ring (bicyclic) bond motifs is 1. The normalized spacial score (nSPS) is 20.3. The predicted molar refractivity (Wildman–Crippen MR) is 141 cm³/mol. The van der Waals surface area contributed by atoms with Crippen molar-refractivity contribution >= 4 is 17.3 Å². The summed E-state index contributed by atoms with van der Waals surface area (Å²) in [5, 5.41) is 11.9. The summed E-state index contributed by atoms with van der Waals surface area (Å²) in [5.74, 6) is 1.71. The fourth-order valence-corrected chi connectivity index (χ4v) is 5.88. The molecular weight excluding hydrogens is 476 g/mol. The number of rotatable bonds is 8. The van der Waals surface area contributed by atoms with Gasteiger partial charge >= 0.3 is 0 Å². The SMILES string of the molecule is COc1cc(N2CCN3C(CCC[C@@H]3c3ccc(OCCCn4cnnn4)c(C)c3C)C2)ccc1Cl. The lowest BCUT2D eigenvalue weighted by atomic mass is 9.86. The third kappa shape index (κ3) is 5.15. The molecule has 0 saturated carbocycles. The Balaban J connectivity index is 1.25. The number of piperidine rings is 1. The van der Waals surface area contributed by atoms with E-state index in [1.807, 2.05) is 6.07 Å². The number of piperazine rings is 1. The molecule has 2 aliphatic heterocycles. The fraction of sp³-hybridized carbons (Fsp3) is 0.519. The second-order valence-corrected chi connectivity index (χ2v) is 10.2. The van der Waals surface area contributed by atoms with E-state index in [0.29, 0.717) is 23.7 Å². The molecular formula is C27H35ClN6O2. The standard InChI is InChI=1S/C27H35ClN6O2/c1-19-20(2)26(36-15-5-12-33-18-29-30-31-33)11-9-23(19)25-7-4-6-22-17-32(13-14-34(22)25)21-8-10-24(28)27(16-21)35-3/h8-11,16,18,22,25H,4-7,12-15,17H2,1-3H3/t22?,25-/m1/s1. The molecule has 0 spiro atoms. The van der Waals surface area contributed by atoms with Gasteiger partial charge in [-0.25, -0.2) is 4.68 Å². The second kappa shape index (κ2) is 11.0. The van der Waals surface area contributed by atoms with E-state index in [1.165, 1.54) is 41.6 Å². The molecule has 36 heavy (non-hydrogen) atoms. The minimum atomic E-state index is 0.457. The third-order valence-corrected chi connectivity index (χ3v) is 8.07. The maximum Gasteiger partial charge on any atom is 0.139 e. The van der Waals surface area contributed by atoms with Gasteiger partial charge in [0.15, 0.2) is 0 Å². The van der Waals surface area contributed by atoms with Crippen molar-refractivity contribution in [3.8, 4) is 11.5 Å². The number of benzene rings is 2. The Morgan fingerprint density at radius 3 is 2.75 bits per heavy atom. The summed E-state index contributed by atoms with van der Waals surface area (Å²) < 4.78 is 13.3. The zero-order chi connectivity index (χ0) is 25.1. The zero-order valence-electron chi connectivity index (χ0n) is 21.4. The van der Waals surface area contributed by atoms with Crippen LogP contribution in [0, 0.1) is 13.8 Å². The first-order chi connectivity index (χ1) is 17.5. The van der Waals surface area contributed by atoms with Crippen LogP contribution in [0.25, 0.3) is 0 Å². The number of nitrogens with zero attached hydrogens (tertiary/aromatic N) is 6. The monoisotopic (exact) mass is 510 g/mol. The van der Waals surface area contributed by atoms with E-state index in [4.69, 9.17) is 21.1 Å².